The van der Waals surface area contributed by atoms with Crippen LogP contribution in [0, 0.1) is 6.92 Å². The van der Waals surface area contributed by atoms with Gasteiger partial charge in [-0.15, -0.1) is 11.8 Å². The summed E-state index contributed by atoms with van der Waals surface area (Å²) in [6.07, 6.45) is 0. The summed E-state index contributed by atoms with van der Waals surface area (Å²) in [7, 11) is 1.57. The van der Waals surface area contributed by atoms with Crippen LogP contribution in [0.25, 0.3) is 0 Å². The quantitative estimate of drug-likeness (QED) is 0.402. The fourth-order valence-electron chi connectivity index (χ4n) is 2.94. The Labute approximate surface area is 196 Å². The molecule has 170 valence electrons. The van der Waals surface area contributed by atoms with Gasteiger partial charge in [0.05, 0.1) is 17.9 Å². The molecule has 0 aliphatic carbocycles. The van der Waals surface area contributed by atoms with Crippen LogP contribution in [0.3, 0.4) is 0 Å². The number of methoxy groups -OCH3 is 1. The molecule has 7 nitrogen and oxygen atoms in total. The number of hydrogen-bond donors (Lipinski definition) is 3. The number of nitrogens with one attached hydrogen (secondary N) is 2. The number of rotatable bonds is 8. The van der Waals surface area contributed by atoms with Gasteiger partial charge in [0, 0.05) is 21.8 Å². The van der Waals surface area contributed by atoms with Crippen LogP contribution in [-0.2, 0) is 4.79 Å². The van der Waals surface area contributed by atoms with E-state index in [4.69, 9.17) is 9.84 Å². The fourth-order valence-corrected chi connectivity index (χ4v) is 3.81. The van der Waals surface area contributed by atoms with Crippen molar-refractivity contribution in [3.05, 3.63) is 83.4 Å². The van der Waals surface area contributed by atoms with E-state index < -0.39 is 11.2 Å². The van der Waals surface area contributed by atoms with Gasteiger partial charge in [-0.05, 0) is 80.1 Å². The maximum Gasteiger partial charge on any atom is 0.335 e. The maximum atomic E-state index is 12.6. The average molecular weight is 465 g/mol. The highest BCUT2D eigenvalue weighted by Gasteiger charge is 2.17. The highest BCUT2D eigenvalue weighted by atomic mass is 32.2. The molecule has 33 heavy (non-hydrogen) atoms. The molecule has 0 saturated heterocycles. The predicted molar refractivity (Wildman–Crippen MR) is 129 cm³/mol. The monoisotopic (exact) mass is 464 g/mol. The summed E-state index contributed by atoms with van der Waals surface area (Å²) in [5, 5.41) is 14.4. The average Bonchev–Trinajstić information content (AvgIpc) is 2.81. The molecule has 3 N–H and O–H groups in total. The SMILES string of the molecule is COc1ccc(C(=O)Nc2ccc(SC(C)C(=O)Nc3cc(C(=O)O)ccc3C)cc2)cc1. The number of aromatic carboxylic acids is 1. The Morgan fingerprint density at radius 3 is 2.15 bits per heavy atom. The lowest BCUT2D eigenvalue weighted by atomic mass is 10.1. The molecule has 2 amide bonds. The summed E-state index contributed by atoms with van der Waals surface area (Å²) < 4.78 is 5.10. The molecule has 0 radical (unpaired) electrons. The highest BCUT2D eigenvalue weighted by molar-refractivity contribution is 8.00. The van der Waals surface area contributed by atoms with Crippen LogP contribution in [0.15, 0.2) is 71.6 Å². The van der Waals surface area contributed by atoms with Crippen molar-refractivity contribution >= 4 is 40.9 Å². The zero-order valence-electron chi connectivity index (χ0n) is 18.4. The van der Waals surface area contributed by atoms with Crippen LogP contribution in [-0.4, -0.2) is 35.2 Å². The number of hydrogen-bond acceptors (Lipinski definition) is 5. The summed E-state index contributed by atoms with van der Waals surface area (Å²) in [5.74, 6) is -0.838. The van der Waals surface area contributed by atoms with Crippen molar-refractivity contribution in [1.29, 1.82) is 0 Å². The number of amides is 2. The Bertz CT molecular complexity index is 1160. The van der Waals surface area contributed by atoms with Crippen molar-refractivity contribution in [2.24, 2.45) is 0 Å². The Balaban J connectivity index is 1.58. The summed E-state index contributed by atoms with van der Waals surface area (Å²) in [6, 6.07) is 18.6. The first-order valence-corrected chi connectivity index (χ1v) is 11.0. The summed E-state index contributed by atoms with van der Waals surface area (Å²) in [6.45, 7) is 3.58. The van der Waals surface area contributed by atoms with Gasteiger partial charge in [-0.2, -0.15) is 0 Å². The van der Waals surface area contributed by atoms with Gasteiger partial charge >= 0.3 is 5.97 Å². The largest absolute Gasteiger partial charge is 0.497 e. The van der Waals surface area contributed by atoms with E-state index in [1.54, 1.807) is 63.4 Å². The second kappa shape index (κ2) is 10.7. The van der Waals surface area contributed by atoms with E-state index in [2.05, 4.69) is 10.6 Å². The number of ether oxygens (including phenoxy) is 1. The van der Waals surface area contributed by atoms with Crippen molar-refractivity contribution in [3.8, 4) is 5.75 Å². The number of thioether (sulfide) groups is 1. The van der Waals surface area contributed by atoms with E-state index in [0.717, 1.165) is 10.5 Å². The van der Waals surface area contributed by atoms with Crippen LogP contribution in [0.1, 0.15) is 33.2 Å². The van der Waals surface area contributed by atoms with E-state index in [9.17, 15) is 14.4 Å². The van der Waals surface area contributed by atoms with Crippen molar-refractivity contribution in [2.45, 2.75) is 24.0 Å². The molecule has 0 fully saturated rings. The Kier molecular flexibility index (Phi) is 7.74. The lowest BCUT2D eigenvalue weighted by molar-refractivity contribution is -0.115. The molecule has 0 aliphatic rings. The van der Waals surface area contributed by atoms with Crippen LogP contribution in [0.5, 0.6) is 5.75 Å². The smallest absolute Gasteiger partial charge is 0.335 e. The lowest BCUT2D eigenvalue weighted by Crippen LogP contribution is -2.23. The Hall–Kier alpha value is -3.78. The topological polar surface area (TPSA) is 105 Å². The molecule has 0 saturated carbocycles. The van der Waals surface area contributed by atoms with Crippen LogP contribution >= 0.6 is 11.8 Å². The number of carbonyl (C=O) groups excluding carboxylic acids is 2. The summed E-state index contributed by atoms with van der Waals surface area (Å²) in [4.78, 5) is 37.0. The van der Waals surface area contributed by atoms with Gasteiger partial charge in [-0.25, -0.2) is 4.79 Å². The zero-order chi connectivity index (χ0) is 24.0. The van der Waals surface area contributed by atoms with Gasteiger partial charge in [0.1, 0.15) is 5.75 Å². The van der Waals surface area contributed by atoms with Gasteiger partial charge in [-0.1, -0.05) is 6.07 Å². The molecule has 8 heteroatoms. The zero-order valence-corrected chi connectivity index (χ0v) is 19.2. The number of carbonyl (C=O) groups is 3. The third kappa shape index (κ3) is 6.36. The van der Waals surface area contributed by atoms with Gasteiger partial charge < -0.3 is 20.5 Å². The normalized spacial score (nSPS) is 11.4. The Morgan fingerprint density at radius 2 is 1.55 bits per heavy atom. The number of carboxylic acid groups (broad SMARTS) is 1. The van der Waals surface area contributed by atoms with E-state index in [0.29, 0.717) is 22.7 Å². The van der Waals surface area contributed by atoms with Crippen LogP contribution in [0.2, 0.25) is 0 Å². The number of aryl methyl sites for hydroxylation is 1. The molecule has 3 rings (SSSR count). The molecule has 3 aromatic rings. The van der Waals surface area contributed by atoms with E-state index >= 15 is 0 Å². The van der Waals surface area contributed by atoms with Crippen molar-refractivity contribution in [1.82, 2.24) is 0 Å². The molecule has 3 aromatic carbocycles. The minimum absolute atomic E-state index is 0.114. The fraction of sp³-hybridized carbons (Fsp3) is 0.160. The van der Waals surface area contributed by atoms with Gasteiger partial charge in [0.2, 0.25) is 5.91 Å². The van der Waals surface area contributed by atoms with E-state index in [-0.39, 0.29) is 17.4 Å². The van der Waals surface area contributed by atoms with E-state index in [1.807, 2.05) is 12.1 Å². The molecule has 0 bridgehead atoms. The molecular weight excluding hydrogens is 440 g/mol. The van der Waals surface area contributed by atoms with Crippen molar-refractivity contribution in [3.63, 3.8) is 0 Å². The highest BCUT2D eigenvalue weighted by Crippen LogP contribution is 2.27. The van der Waals surface area contributed by atoms with Gasteiger partial charge in [0.15, 0.2) is 0 Å². The van der Waals surface area contributed by atoms with Gasteiger partial charge in [0.25, 0.3) is 5.91 Å². The molecule has 1 atom stereocenters. The third-order valence-corrected chi connectivity index (χ3v) is 6.00. The maximum absolute atomic E-state index is 12.6. The molecule has 0 aliphatic heterocycles. The standard InChI is InChI=1S/C25H24N2O5S/c1-15-4-5-18(25(30)31)14-22(15)27-23(28)16(2)33-21-12-8-19(9-13-21)26-24(29)17-6-10-20(32-3)11-7-17/h4-14,16H,1-3H3,(H,26,29)(H,27,28)(H,30,31). The first kappa shape index (κ1) is 23.9. The summed E-state index contributed by atoms with van der Waals surface area (Å²) in [5.41, 5.74) is 2.52. The molecule has 0 aromatic heterocycles. The second-order valence-electron chi connectivity index (χ2n) is 7.29. The minimum Gasteiger partial charge on any atom is -0.497 e. The molecular formula is C25H24N2O5S. The molecule has 0 heterocycles. The number of carboxylic acids is 1. The van der Waals surface area contributed by atoms with E-state index in [1.165, 1.54) is 23.9 Å². The first-order valence-electron chi connectivity index (χ1n) is 10.1. The third-order valence-electron chi connectivity index (χ3n) is 4.89. The van der Waals surface area contributed by atoms with Crippen LogP contribution < -0.4 is 15.4 Å². The second-order valence-corrected chi connectivity index (χ2v) is 8.71. The lowest BCUT2D eigenvalue weighted by Gasteiger charge is -2.14. The number of benzene rings is 3. The number of anilines is 2. The summed E-state index contributed by atoms with van der Waals surface area (Å²) >= 11 is 1.36. The minimum atomic E-state index is -1.05. The molecule has 1 unspecified atom stereocenters. The van der Waals surface area contributed by atoms with Crippen molar-refractivity contribution in [2.75, 3.05) is 17.7 Å². The van der Waals surface area contributed by atoms with Gasteiger partial charge in [-0.3, -0.25) is 9.59 Å². The first-order chi connectivity index (χ1) is 15.8. The predicted octanol–water partition coefficient (Wildman–Crippen LogP) is 5.07. The Morgan fingerprint density at radius 1 is 0.909 bits per heavy atom. The molecule has 0 spiro atoms. The van der Waals surface area contributed by atoms with Crippen molar-refractivity contribution < 1.29 is 24.2 Å². The van der Waals surface area contributed by atoms with Crippen LogP contribution in [0.4, 0.5) is 11.4 Å².